The lowest BCUT2D eigenvalue weighted by atomic mass is 9.93. The Hall–Kier alpha value is -2.17. The molecule has 132 valence electrons. The third-order valence-corrected chi connectivity index (χ3v) is 4.93. The van der Waals surface area contributed by atoms with Gasteiger partial charge in [0.15, 0.2) is 0 Å². The summed E-state index contributed by atoms with van der Waals surface area (Å²) in [5.74, 6) is -0.365. The molecule has 4 unspecified atom stereocenters. The largest absolute Gasteiger partial charge is 0.376 e. The maximum atomic E-state index is 12.9. The zero-order valence-electron chi connectivity index (χ0n) is 14.6. The SMILES string of the molecule is CC(C(=O)NC(c1ccccc1)C1CCCO1)C(N)c1ccccc1. The molecule has 1 aliphatic rings. The Kier molecular flexibility index (Phi) is 5.84. The van der Waals surface area contributed by atoms with Crippen LogP contribution in [0.5, 0.6) is 0 Å². The lowest BCUT2D eigenvalue weighted by Gasteiger charge is -2.28. The molecule has 4 heteroatoms. The summed E-state index contributed by atoms with van der Waals surface area (Å²) in [5, 5.41) is 3.18. The van der Waals surface area contributed by atoms with Crippen molar-refractivity contribution in [2.24, 2.45) is 11.7 Å². The van der Waals surface area contributed by atoms with Gasteiger partial charge < -0.3 is 15.8 Å². The number of nitrogens with two attached hydrogens (primary N) is 1. The first-order valence-corrected chi connectivity index (χ1v) is 8.94. The molecule has 0 saturated carbocycles. The fourth-order valence-corrected chi connectivity index (χ4v) is 3.33. The highest BCUT2D eigenvalue weighted by Gasteiger charge is 2.31. The second-order valence-electron chi connectivity index (χ2n) is 6.67. The van der Waals surface area contributed by atoms with Crippen LogP contribution in [0.25, 0.3) is 0 Å². The number of rotatable bonds is 6. The van der Waals surface area contributed by atoms with Gasteiger partial charge in [-0.2, -0.15) is 0 Å². The third kappa shape index (κ3) is 4.27. The van der Waals surface area contributed by atoms with Crippen LogP contribution in [-0.4, -0.2) is 18.6 Å². The van der Waals surface area contributed by atoms with E-state index in [-0.39, 0.29) is 30.0 Å². The van der Waals surface area contributed by atoms with E-state index in [9.17, 15) is 4.79 Å². The summed E-state index contributed by atoms with van der Waals surface area (Å²) in [7, 11) is 0. The van der Waals surface area contributed by atoms with E-state index in [0.29, 0.717) is 0 Å². The number of amides is 1. The van der Waals surface area contributed by atoms with Crippen LogP contribution in [-0.2, 0) is 9.53 Å². The Balaban J connectivity index is 1.73. The number of benzene rings is 2. The van der Waals surface area contributed by atoms with E-state index in [0.717, 1.165) is 30.6 Å². The van der Waals surface area contributed by atoms with Crippen molar-refractivity contribution in [1.82, 2.24) is 5.32 Å². The van der Waals surface area contributed by atoms with Gasteiger partial charge in [0.1, 0.15) is 0 Å². The van der Waals surface area contributed by atoms with Gasteiger partial charge in [0.05, 0.1) is 18.1 Å². The Morgan fingerprint density at radius 2 is 1.68 bits per heavy atom. The minimum atomic E-state index is -0.331. The predicted molar refractivity (Wildman–Crippen MR) is 98.8 cm³/mol. The standard InChI is InChI=1S/C21H26N2O2/c1-15(19(22)16-9-4-2-5-10-16)21(24)23-20(18-13-8-14-25-18)17-11-6-3-7-12-17/h2-7,9-12,15,18-20H,8,13-14,22H2,1H3,(H,23,24). The van der Waals surface area contributed by atoms with Gasteiger partial charge in [0.2, 0.25) is 5.91 Å². The molecule has 3 N–H and O–H groups in total. The van der Waals surface area contributed by atoms with Gasteiger partial charge in [0, 0.05) is 12.6 Å². The van der Waals surface area contributed by atoms with Crippen LogP contribution < -0.4 is 11.1 Å². The molecule has 3 rings (SSSR count). The maximum absolute atomic E-state index is 12.9. The molecular weight excluding hydrogens is 312 g/mol. The van der Waals surface area contributed by atoms with Crippen LogP contribution in [0.3, 0.4) is 0 Å². The van der Waals surface area contributed by atoms with Crippen molar-refractivity contribution in [3.8, 4) is 0 Å². The summed E-state index contributed by atoms with van der Waals surface area (Å²) >= 11 is 0. The molecule has 0 aromatic heterocycles. The van der Waals surface area contributed by atoms with E-state index in [1.165, 1.54) is 0 Å². The molecule has 0 bridgehead atoms. The van der Waals surface area contributed by atoms with Crippen molar-refractivity contribution in [2.75, 3.05) is 6.61 Å². The predicted octanol–water partition coefficient (Wildman–Crippen LogP) is 3.36. The van der Waals surface area contributed by atoms with Crippen molar-refractivity contribution in [2.45, 2.75) is 38.0 Å². The smallest absolute Gasteiger partial charge is 0.225 e. The summed E-state index contributed by atoms with van der Waals surface area (Å²) in [4.78, 5) is 12.9. The van der Waals surface area contributed by atoms with Crippen LogP contribution >= 0.6 is 0 Å². The summed E-state index contributed by atoms with van der Waals surface area (Å²) < 4.78 is 5.85. The van der Waals surface area contributed by atoms with Gasteiger partial charge in [-0.25, -0.2) is 0 Å². The van der Waals surface area contributed by atoms with Crippen molar-refractivity contribution in [1.29, 1.82) is 0 Å². The monoisotopic (exact) mass is 338 g/mol. The molecule has 1 aliphatic heterocycles. The van der Waals surface area contributed by atoms with Gasteiger partial charge in [-0.3, -0.25) is 4.79 Å². The number of carbonyl (C=O) groups is 1. The number of nitrogens with one attached hydrogen (secondary N) is 1. The fourth-order valence-electron chi connectivity index (χ4n) is 3.33. The van der Waals surface area contributed by atoms with E-state index in [4.69, 9.17) is 10.5 Å². The Morgan fingerprint density at radius 3 is 2.24 bits per heavy atom. The maximum Gasteiger partial charge on any atom is 0.225 e. The summed E-state index contributed by atoms with van der Waals surface area (Å²) in [6, 6.07) is 19.3. The first-order valence-electron chi connectivity index (χ1n) is 8.94. The molecule has 25 heavy (non-hydrogen) atoms. The highest BCUT2D eigenvalue weighted by molar-refractivity contribution is 5.79. The number of ether oxygens (including phenoxy) is 1. The molecule has 2 aromatic carbocycles. The molecule has 1 saturated heterocycles. The van der Waals surface area contributed by atoms with Crippen LogP contribution in [0.2, 0.25) is 0 Å². The minimum absolute atomic E-state index is 0.0199. The van der Waals surface area contributed by atoms with E-state index in [1.54, 1.807) is 0 Å². The molecule has 0 aliphatic carbocycles. The van der Waals surface area contributed by atoms with Gasteiger partial charge in [-0.15, -0.1) is 0 Å². The average Bonchev–Trinajstić information content (AvgIpc) is 3.20. The first-order chi connectivity index (χ1) is 12.2. The number of hydrogen-bond donors (Lipinski definition) is 2. The van der Waals surface area contributed by atoms with E-state index < -0.39 is 0 Å². The molecule has 0 spiro atoms. The molecular formula is C21H26N2O2. The summed E-state index contributed by atoms with van der Waals surface area (Å²) in [5.41, 5.74) is 8.36. The van der Waals surface area contributed by atoms with E-state index in [1.807, 2.05) is 67.6 Å². The lowest BCUT2D eigenvalue weighted by molar-refractivity contribution is -0.127. The van der Waals surface area contributed by atoms with Gasteiger partial charge in [-0.1, -0.05) is 67.6 Å². The number of carbonyl (C=O) groups excluding carboxylic acids is 1. The van der Waals surface area contributed by atoms with Crippen LogP contribution in [0.15, 0.2) is 60.7 Å². The van der Waals surface area contributed by atoms with Crippen molar-refractivity contribution >= 4 is 5.91 Å². The van der Waals surface area contributed by atoms with Gasteiger partial charge >= 0.3 is 0 Å². The second kappa shape index (κ2) is 8.28. The molecule has 1 fully saturated rings. The zero-order valence-corrected chi connectivity index (χ0v) is 14.6. The molecule has 2 aromatic rings. The molecule has 4 nitrogen and oxygen atoms in total. The highest BCUT2D eigenvalue weighted by atomic mass is 16.5. The molecule has 4 atom stereocenters. The second-order valence-corrected chi connectivity index (χ2v) is 6.67. The first kappa shape index (κ1) is 17.6. The Labute approximate surface area is 149 Å². The zero-order chi connectivity index (χ0) is 17.6. The van der Waals surface area contributed by atoms with Crippen LogP contribution in [0.4, 0.5) is 0 Å². The summed E-state index contributed by atoms with van der Waals surface area (Å²) in [6.07, 6.45) is 2.01. The highest BCUT2D eigenvalue weighted by Crippen LogP contribution is 2.28. The average molecular weight is 338 g/mol. The quantitative estimate of drug-likeness (QED) is 0.849. The van der Waals surface area contributed by atoms with Gasteiger partial charge in [-0.05, 0) is 24.0 Å². The van der Waals surface area contributed by atoms with Crippen molar-refractivity contribution in [3.05, 3.63) is 71.8 Å². The Bertz CT molecular complexity index is 669. The van der Waals surface area contributed by atoms with E-state index in [2.05, 4.69) is 5.32 Å². The molecule has 1 amide bonds. The van der Waals surface area contributed by atoms with E-state index >= 15 is 0 Å². The molecule has 1 heterocycles. The third-order valence-electron chi connectivity index (χ3n) is 4.93. The van der Waals surface area contributed by atoms with Crippen molar-refractivity contribution < 1.29 is 9.53 Å². The Morgan fingerprint density at radius 1 is 1.08 bits per heavy atom. The molecule has 0 radical (unpaired) electrons. The topological polar surface area (TPSA) is 64.3 Å². The van der Waals surface area contributed by atoms with Crippen LogP contribution in [0, 0.1) is 5.92 Å². The minimum Gasteiger partial charge on any atom is -0.376 e. The summed E-state index contributed by atoms with van der Waals surface area (Å²) in [6.45, 7) is 2.63. The fraction of sp³-hybridized carbons (Fsp3) is 0.381. The van der Waals surface area contributed by atoms with Crippen molar-refractivity contribution in [3.63, 3.8) is 0 Å². The number of hydrogen-bond acceptors (Lipinski definition) is 3. The normalized spacial score (nSPS) is 20.6. The van der Waals surface area contributed by atoms with Crippen LogP contribution in [0.1, 0.15) is 43.0 Å². The van der Waals surface area contributed by atoms with Gasteiger partial charge in [0.25, 0.3) is 0 Å². The lowest BCUT2D eigenvalue weighted by Crippen LogP contribution is -2.41.